The Kier molecular flexibility index (Phi) is 6.34. The summed E-state index contributed by atoms with van der Waals surface area (Å²) in [5.41, 5.74) is 0. The van der Waals surface area contributed by atoms with Crippen LogP contribution in [-0.2, 0) is 17.6 Å². The van der Waals surface area contributed by atoms with E-state index in [2.05, 4.69) is 20.8 Å². The molecule has 23 heavy (non-hydrogen) atoms. The molecule has 8 nitrogen and oxygen atoms in total. The average molecular weight is 320 g/mol. The molecule has 2 amide bonds. The number of aromatic nitrogens is 2. The van der Waals surface area contributed by atoms with Gasteiger partial charge >= 0.3 is 0 Å². The van der Waals surface area contributed by atoms with Gasteiger partial charge in [0.2, 0.25) is 11.8 Å². The highest BCUT2D eigenvalue weighted by atomic mass is 16.5. The summed E-state index contributed by atoms with van der Waals surface area (Å²) in [5, 5.41) is 9.18. The second-order valence-corrected chi connectivity index (χ2v) is 4.94. The number of carbonyl (C=O) groups is 2. The van der Waals surface area contributed by atoms with Crippen molar-refractivity contribution in [1.29, 1.82) is 0 Å². The van der Waals surface area contributed by atoms with Crippen LogP contribution in [0.15, 0.2) is 27.3 Å². The molecule has 0 aliphatic rings. The Hall–Kier alpha value is -2.64. The van der Waals surface area contributed by atoms with Gasteiger partial charge in [-0.2, -0.15) is 4.98 Å². The van der Waals surface area contributed by atoms with E-state index in [0.717, 1.165) is 12.8 Å². The minimum atomic E-state index is -0.307. The number of nitrogens with one attached hydrogen (secondary N) is 2. The number of aryl methyl sites for hydroxylation is 2. The Morgan fingerprint density at radius 2 is 2.04 bits per heavy atom. The van der Waals surface area contributed by atoms with E-state index in [1.165, 1.54) is 6.26 Å². The van der Waals surface area contributed by atoms with Crippen LogP contribution in [0.25, 0.3) is 0 Å². The number of carbonyl (C=O) groups excluding carboxylic acids is 2. The van der Waals surface area contributed by atoms with Crippen molar-refractivity contribution in [2.75, 3.05) is 13.1 Å². The maximum atomic E-state index is 11.7. The van der Waals surface area contributed by atoms with Crippen molar-refractivity contribution in [3.8, 4) is 0 Å². The van der Waals surface area contributed by atoms with Crippen LogP contribution in [0.2, 0.25) is 0 Å². The summed E-state index contributed by atoms with van der Waals surface area (Å²) in [6.07, 6.45) is 3.82. The van der Waals surface area contributed by atoms with E-state index in [4.69, 9.17) is 8.94 Å². The van der Waals surface area contributed by atoms with Crippen molar-refractivity contribution in [3.63, 3.8) is 0 Å². The zero-order chi connectivity index (χ0) is 16.5. The molecule has 0 aromatic carbocycles. The number of furan rings is 1. The van der Waals surface area contributed by atoms with Crippen molar-refractivity contribution in [2.24, 2.45) is 0 Å². The standard InChI is InChI=1S/C15H20N4O4/c1-2-4-12-18-14(23-19-12)7-6-13(20)16-8-9-17-15(21)11-5-3-10-22-11/h3,5,10H,2,4,6-9H2,1H3,(H,16,20)(H,17,21). The number of rotatable bonds is 9. The Balaban J connectivity index is 1.58. The Morgan fingerprint density at radius 1 is 1.22 bits per heavy atom. The molecular weight excluding hydrogens is 300 g/mol. The van der Waals surface area contributed by atoms with E-state index >= 15 is 0 Å². The van der Waals surface area contributed by atoms with Gasteiger partial charge in [0.05, 0.1) is 6.26 Å². The number of hydrogen-bond acceptors (Lipinski definition) is 6. The first-order valence-electron chi connectivity index (χ1n) is 7.59. The maximum absolute atomic E-state index is 11.7. The predicted molar refractivity (Wildman–Crippen MR) is 80.7 cm³/mol. The molecule has 0 radical (unpaired) electrons. The van der Waals surface area contributed by atoms with Gasteiger partial charge in [0.1, 0.15) is 0 Å². The van der Waals surface area contributed by atoms with Gasteiger partial charge in [-0.1, -0.05) is 12.1 Å². The quantitative estimate of drug-likeness (QED) is 0.669. The average Bonchev–Trinajstić information content (AvgIpc) is 3.21. The van der Waals surface area contributed by atoms with Crippen LogP contribution < -0.4 is 10.6 Å². The van der Waals surface area contributed by atoms with Gasteiger partial charge in [0, 0.05) is 32.4 Å². The Labute approximate surface area is 133 Å². The molecule has 2 rings (SSSR count). The fraction of sp³-hybridized carbons (Fsp3) is 0.467. The molecular formula is C15H20N4O4. The topological polar surface area (TPSA) is 110 Å². The number of hydrogen-bond donors (Lipinski definition) is 2. The fourth-order valence-corrected chi connectivity index (χ4v) is 1.90. The second kappa shape index (κ2) is 8.72. The summed E-state index contributed by atoms with van der Waals surface area (Å²) in [5.74, 6) is 0.944. The lowest BCUT2D eigenvalue weighted by molar-refractivity contribution is -0.121. The summed E-state index contributed by atoms with van der Waals surface area (Å²) in [4.78, 5) is 27.5. The van der Waals surface area contributed by atoms with Crippen LogP contribution in [0.1, 0.15) is 42.0 Å². The van der Waals surface area contributed by atoms with Gasteiger partial charge in [-0.15, -0.1) is 0 Å². The third kappa shape index (κ3) is 5.57. The van der Waals surface area contributed by atoms with Gasteiger partial charge in [-0.3, -0.25) is 9.59 Å². The highest BCUT2D eigenvalue weighted by molar-refractivity contribution is 5.91. The minimum Gasteiger partial charge on any atom is -0.459 e. The normalized spacial score (nSPS) is 10.5. The van der Waals surface area contributed by atoms with Gasteiger partial charge in [0.15, 0.2) is 11.6 Å². The van der Waals surface area contributed by atoms with Crippen LogP contribution in [0.5, 0.6) is 0 Å². The van der Waals surface area contributed by atoms with Crippen molar-refractivity contribution in [3.05, 3.63) is 35.9 Å². The molecule has 0 saturated heterocycles. The van der Waals surface area contributed by atoms with Crippen LogP contribution >= 0.6 is 0 Å². The molecule has 0 unspecified atom stereocenters. The molecule has 0 atom stereocenters. The van der Waals surface area contributed by atoms with Crippen molar-refractivity contribution in [2.45, 2.75) is 32.6 Å². The molecule has 0 saturated carbocycles. The van der Waals surface area contributed by atoms with Crippen LogP contribution in [-0.4, -0.2) is 35.0 Å². The van der Waals surface area contributed by atoms with Gasteiger partial charge < -0.3 is 19.6 Å². The molecule has 2 N–H and O–H groups in total. The molecule has 0 aliphatic heterocycles. The van der Waals surface area contributed by atoms with E-state index in [0.29, 0.717) is 31.2 Å². The third-order valence-electron chi connectivity index (χ3n) is 3.03. The predicted octanol–water partition coefficient (Wildman–Crippen LogP) is 1.09. The van der Waals surface area contributed by atoms with Crippen LogP contribution in [0, 0.1) is 0 Å². The smallest absolute Gasteiger partial charge is 0.287 e. The molecule has 2 heterocycles. The molecule has 0 spiro atoms. The zero-order valence-corrected chi connectivity index (χ0v) is 13.0. The lowest BCUT2D eigenvalue weighted by Gasteiger charge is -2.05. The van der Waals surface area contributed by atoms with E-state index in [9.17, 15) is 9.59 Å². The van der Waals surface area contributed by atoms with E-state index in [1.807, 2.05) is 6.92 Å². The summed E-state index contributed by atoms with van der Waals surface area (Å²) in [6.45, 7) is 2.71. The molecule has 0 aliphatic carbocycles. The largest absolute Gasteiger partial charge is 0.459 e. The van der Waals surface area contributed by atoms with Gasteiger partial charge in [-0.25, -0.2) is 0 Å². The molecule has 8 heteroatoms. The maximum Gasteiger partial charge on any atom is 0.287 e. The fourth-order valence-electron chi connectivity index (χ4n) is 1.90. The highest BCUT2D eigenvalue weighted by Gasteiger charge is 2.09. The van der Waals surface area contributed by atoms with Crippen LogP contribution in [0.4, 0.5) is 0 Å². The first kappa shape index (κ1) is 16.7. The molecule has 2 aromatic rings. The Morgan fingerprint density at radius 3 is 2.78 bits per heavy atom. The summed E-state index contributed by atoms with van der Waals surface area (Å²) < 4.78 is 10.0. The minimum absolute atomic E-state index is 0.132. The zero-order valence-electron chi connectivity index (χ0n) is 13.0. The first-order valence-corrected chi connectivity index (χ1v) is 7.59. The van der Waals surface area contributed by atoms with Crippen molar-refractivity contribution >= 4 is 11.8 Å². The summed E-state index contributed by atoms with van der Waals surface area (Å²) in [6, 6.07) is 3.21. The van der Waals surface area contributed by atoms with Crippen molar-refractivity contribution in [1.82, 2.24) is 20.8 Å². The van der Waals surface area contributed by atoms with Gasteiger partial charge in [-0.05, 0) is 18.6 Å². The Bertz CT molecular complexity index is 621. The number of nitrogens with zero attached hydrogens (tertiary/aromatic N) is 2. The SMILES string of the molecule is CCCc1noc(CCC(=O)NCCNC(=O)c2ccco2)n1. The highest BCUT2D eigenvalue weighted by Crippen LogP contribution is 2.03. The molecule has 124 valence electrons. The van der Waals surface area contributed by atoms with E-state index in [-0.39, 0.29) is 24.0 Å². The van der Waals surface area contributed by atoms with Crippen molar-refractivity contribution < 1.29 is 18.5 Å². The number of amides is 2. The van der Waals surface area contributed by atoms with Crippen LogP contribution in [0.3, 0.4) is 0 Å². The lowest BCUT2D eigenvalue weighted by atomic mass is 10.3. The lowest BCUT2D eigenvalue weighted by Crippen LogP contribution is -2.34. The van der Waals surface area contributed by atoms with E-state index in [1.54, 1.807) is 12.1 Å². The second-order valence-electron chi connectivity index (χ2n) is 4.94. The summed E-state index contributed by atoms with van der Waals surface area (Å²) >= 11 is 0. The monoisotopic (exact) mass is 320 g/mol. The van der Waals surface area contributed by atoms with Gasteiger partial charge in [0.25, 0.3) is 5.91 Å². The first-order chi connectivity index (χ1) is 11.2. The van der Waals surface area contributed by atoms with E-state index < -0.39 is 0 Å². The molecule has 0 bridgehead atoms. The molecule has 2 aromatic heterocycles. The molecule has 0 fully saturated rings. The summed E-state index contributed by atoms with van der Waals surface area (Å²) in [7, 11) is 0. The third-order valence-corrected chi connectivity index (χ3v) is 3.03.